The van der Waals surface area contributed by atoms with Crippen LogP contribution in [0.15, 0.2) is 0 Å². The van der Waals surface area contributed by atoms with E-state index in [4.69, 9.17) is 0 Å². The molecule has 0 aliphatic carbocycles. The average molecular weight is 284 g/mol. The molecule has 0 atom stereocenters. The van der Waals surface area contributed by atoms with Crippen LogP contribution in [0.4, 0.5) is 9.59 Å². The summed E-state index contributed by atoms with van der Waals surface area (Å²) >= 11 is 0. The van der Waals surface area contributed by atoms with Crippen molar-refractivity contribution in [3.05, 3.63) is 0 Å². The van der Waals surface area contributed by atoms with Gasteiger partial charge in [0.25, 0.3) is 0 Å². The molecule has 0 aromatic carbocycles. The molecular formula is C11H16N4O5. The lowest BCUT2D eigenvalue weighted by Gasteiger charge is -2.13. The van der Waals surface area contributed by atoms with Crippen LogP contribution >= 0.6 is 0 Å². The lowest BCUT2D eigenvalue weighted by atomic mass is 10.4. The Balaban J connectivity index is 2.58. The summed E-state index contributed by atoms with van der Waals surface area (Å²) in [5, 5.41) is 4.37. The molecule has 1 saturated heterocycles. The van der Waals surface area contributed by atoms with Gasteiger partial charge in [-0.2, -0.15) is 0 Å². The van der Waals surface area contributed by atoms with Crippen molar-refractivity contribution in [2.75, 3.05) is 19.6 Å². The lowest BCUT2D eigenvalue weighted by Crippen LogP contribution is -2.46. The summed E-state index contributed by atoms with van der Waals surface area (Å²) in [6.45, 7) is 3.14. The molecular weight excluding hydrogens is 268 g/mol. The van der Waals surface area contributed by atoms with E-state index in [0.717, 1.165) is 4.90 Å². The number of urea groups is 2. The zero-order valence-electron chi connectivity index (χ0n) is 11.3. The third-order valence-corrected chi connectivity index (χ3v) is 2.54. The van der Waals surface area contributed by atoms with Crippen molar-refractivity contribution in [2.24, 2.45) is 0 Å². The first kappa shape index (κ1) is 15.6. The number of carbonyl (C=O) groups is 5. The minimum absolute atomic E-state index is 0.0402. The van der Waals surface area contributed by atoms with Gasteiger partial charge in [0.05, 0.1) is 0 Å². The van der Waals surface area contributed by atoms with Gasteiger partial charge >= 0.3 is 23.9 Å². The van der Waals surface area contributed by atoms with Gasteiger partial charge in [0.15, 0.2) is 0 Å². The normalized spacial score (nSPS) is 14.8. The molecule has 1 heterocycles. The van der Waals surface area contributed by atoms with Crippen LogP contribution in [0.1, 0.15) is 20.3 Å². The minimum Gasteiger partial charge on any atom is -0.338 e. The highest BCUT2D eigenvalue weighted by Crippen LogP contribution is 2.10. The second-order valence-electron chi connectivity index (χ2n) is 4.03. The highest BCUT2D eigenvalue weighted by molar-refractivity contribution is 6.45. The van der Waals surface area contributed by atoms with E-state index in [0.29, 0.717) is 17.9 Å². The van der Waals surface area contributed by atoms with Gasteiger partial charge in [0.2, 0.25) is 5.91 Å². The summed E-state index contributed by atoms with van der Waals surface area (Å²) in [5.41, 5.74) is 0. The van der Waals surface area contributed by atoms with Crippen molar-refractivity contribution in [1.82, 2.24) is 20.4 Å². The summed E-state index contributed by atoms with van der Waals surface area (Å²) < 4.78 is 0. The molecule has 1 aliphatic rings. The van der Waals surface area contributed by atoms with Crippen LogP contribution in [-0.2, 0) is 14.4 Å². The summed E-state index contributed by atoms with van der Waals surface area (Å²) in [6.07, 6.45) is 0.699. The van der Waals surface area contributed by atoms with E-state index in [2.05, 4.69) is 5.32 Å². The number of hydrogen-bond donors (Lipinski definition) is 2. The van der Waals surface area contributed by atoms with E-state index >= 15 is 0 Å². The number of nitrogens with zero attached hydrogens (tertiary/aromatic N) is 2. The summed E-state index contributed by atoms with van der Waals surface area (Å²) in [6, 6.07) is -1.57. The quantitative estimate of drug-likeness (QED) is 0.498. The molecule has 110 valence electrons. The largest absolute Gasteiger partial charge is 0.338 e. The smallest absolute Gasteiger partial charge is 0.334 e. The number of likely N-dealkylation sites (N-methyl/N-ethyl adjacent to an activating group) is 1. The molecule has 1 rings (SSSR count). The van der Waals surface area contributed by atoms with Gasteiger partial charge in [-0.3, -0.25) is 24.6 Å². The fourth-order valence-corrected chi connectivity index (χ4v) is 1.56. The van der Waals surface area contributed by atoms with Gasteiger partial charge in [0, 0.05) is 13.1 Å². The van der Waals surface area contributed by atoms with E-state index in [1.54, 1.807) is 0 Å². The van der Waals surface area contributed by atoms with Crippen molar-refractivity contribution < 1.29 is 24.0 Å². The standard InChI is InChI=1S/C11H16N4O5/c1-3-5-12-10(19)13-7(16)6-15-9(18)8(17)14(4-2)11(15)20/h3-6H2,1-2H3,(H2,12,13,16,19). The van der Waals surface area contributed by atoms with Crippen LogP contribution in [0.2, 0.25) is 0 Å². The number of amides is 7. The van der Waals surface area contributed by atoms with Crippen LogP contribution < -0.4 is 10.6 Å². The van der Waals surface area contributed by atoms with Gasteiger partial charge in [-0.25, -0.2) is 14.5 Å². The van der Waals surface area contributed by atoms with E-state index in [1.807, 2.05) is 12.2 Å². The third-order valence-electron chi connectivity index (χ3n) is 2.54. The predicted molar refractivity (Wildman–Crippen MR) is 66.3 cm³/mol. The maximum Gasteiger partial charge on any atom is 0.334 e. The first-order valence-electron chi connectivity index (χ1n) is 6.17. The zero-order valence-corrected chi connectivity index (χ0v) is 11.3. The van der Waals surface area contributed by atoms with Gasteiger partial charge in [0.1, 0.15) is 6.54 Å². The number of imide groups is 3. The van der Waals surface area contributed by atoms with Gasteiger partial charge in [-0.05, 0) is 13.3 Å². The third kappa shape index (κ3) is 3.31. The van der Waals surface area contributed by atoms with Gasteiger partial charge < -0.3 is 5.32 Å². The highest BCUT2D eigenvalue weighted by Gasteiger charge is 2.44. The van der Waals surface area contributed by atoms with Crippen LogP contribution in [0, 0.1) is 0 Å². The highest BCUT2D eigenvalue weighted by atomic mass is 16.2. The summed E-state index contributed by atoms with van der Waals surface area (Å²) in [4.78, 5) is 58.6. The van der Waals surface area contributed by atoms with Crippen LogP contribution in [0.3, 0.4) is 0 Å². The van der Waals surface area contributed by atoms with Crippen molar-refractivity contribution in [3.63, 3.8) is 0 Å². The van der Waals surface area contributed by atoms with Crippen molar-refractivity contribution in [2.45, 2.75) is 20.3 Å². The molecule has 2 N–H and O–H groups in total. The van der Waals surface area contributed by atoms with E-state index in [9.17, 15) is 24.0 Å². The van der Waals surface area contributed by atoms with Gasteiger partial charge in [-0.15, -0.1) is 0 Å². The number of carbonyl (C=O) groups excluding carboxylic acids is 5. The molecule has 20 heavy (non-hydrogen) atoms. The van der Waals surface area contributed by atoms with Crippen LogP contribution in [0.5, 0.6) is 0 Å². The molecule has 1 aliphatic heterocycles. The number of hydrogen-bond acceptors (Lipinski definition) is 5. The first-order chi connectivity index (χ1) is 9.42. The Labute approximate surface area is 115 Å². The Bertz CT molecular complexity index is 462. The van der Waals surface area contributed by atoms with Gasteiger partial charge in [-0.1, -0.05) is 6.92 Å². The number of nitrogens with one attached hydrogen (secondary N) is 2. The molecule has 0 unspecified atom stereocenters. The van der Waals surface area contributed by atoms with Crippen molar-refractivity contribution >= 4 is 29.8 Å². The Hall–Kier alpha value is -2.45. The lowest BCUT2D eigenvalue weighted by molar-refractivity contribution is -0.143. The first-order valence-corrected chi connectivity index (χ1v) is 6.17. The van der Waals surface area contributed by atoms with E-state index < -0.39 is 36.3 Å². The maximum absolute atomic E-state index is 11.7. The summed E-state index contributed by atoms with van der Waals surface area (Å²) in [7, 11) is 0. The molecule has 0 saturated carbocycles. The zero-order chi connectivity index (χ0) is 15.3. The molecule has 7 amide bonds. The van der Waals surface area contributed by atoms with Crippen molar-refractivity contribution in [3.8, 4) is 0 Å². The fourth-order valence-electron chi connectivity index (χ4n) is 1.56. The Morgan fingerprint density at radius 3 is 2.15 bits per heavy atom. The fraction of sp³-hybridized carbons (Fsp3) is 0.545. The van der Waals surface area contributed by atoms with Crippen LogP contribution in [-0.4, -0.2) is 59.2 Å². The molecule has 0 aromatic heterocycles. The predicted octanol–water partition coefficient (Wildman–Crippen LogP) is -0.967. The molecule has 9 heteroatoms. The maximum atomic E-state index is 11.7. The second-order valence-corrected chi connectivity index (χ2v) is 4.03. The second kappa shape index (κ2) is 6.64. The summed E-state index contributed by atoms with van der Waals surface area (Å²) in [5.74, 6) is -2.88. The molecule has 1 fully saturated rings. The monoisotopic (exact) mass is 284 g/mol. The topological polar surface area (TPSA) is 116 Å². The van der Waals surface area contributed by atoms with Crippen LogP contribution in [0.25, 0.3) is 0 Å². The molecule has 0 aromatic rings. The minimum atomic E-state index is -1.07. The molecule has 0 bridgehead atoms. The van der Waals surface area contributed by atoms with E-state index in [1.165, 1.54) is 6.92 Å². The van der Waals surface area contributed by atoms with E-state index in [-0.39, 0.29) is 6.54 Å². The van der Waals surface area contributed by atoms with Crippen molar-refractivity contribution in [1.29, 1.82) is 0 Å². The Morgan fingerprint density at radius 1 is 1.05 bits per heavy atom. The molecule has 9 nitrogen and oxygen atoms in total. The SMILES string of the molecule is CCCNC(=O)NC(=O)CN1C(=O)C(=O)N(CC)C1=O. The Morgan fingerprint density at radius 2 is 1.65 bits per heavy atom. The average Bonchev–Trinajstić information content (AvgIpc) is 2.60. The number of rotatable bonds is 5. The molecule has 0 spiro atoms. The Kier molecular flexibility index (Phi) is 5.18. The molecule has 0 radical (unpaired) electrons.